The molecule has 0 aliphatic carbocycles. The molecular formula is C20H22N2O9S2. The van der Waals surface area contributed by atoms with Gasteiger partial charge in [0.05, 0.1) is 6.42 Å². The Labute approximate surface area is 197 Å². The molecule has 2 aliphatic rings. The summed E-state index contributed by atoms with van der Waals surface area (Å²) >= 11 is 2.64. The highest BCUT2D eigenvalue weighted by Crippen LogP contribution is 2.46. The lowest BCUT2D eigenvalue weighted by Crippen LogP contribution is -2.80. The van der Waals surface area contributed by atoms with Gasteiger partial charge in [-0.2, -0.15) is 0 Å². The first-order chi connectivity index (χ1) is 15.7. The molecule has 2 aliphatic heterocycles. The van der Waals surface area contributed by atoms with Gasteiger partial charge < -0.3 is 24.3 Å². The number of hydrogen-bond acceptors (Lipinski definition) is 11. The van der Waals surface area contributed by atoms with Crippen LogP contribution in [-0.4, -0.2) is 72.0 Å². The smallest absolute Gasteiger partial charge is 0.358 e. The highest BCUT2D eigenvalue weighted by molar-refractivity contribution is 8.00. The van der Waals surface area contributed by atoms with Crippen LogP contribution in [0, 0.1) is 0 Å². The molecule has 0 spiro atoms. The fourth-order valence-electron chi connectivity index (χ4n) is 3.29. The number of carbonyl (C=O) groups excluding carboxylic acids is 5. The molecule has 13 heteroatoms. The fourth-order valence-corrected chi connectivity index (χ4v) is 5.41. The van der Waals surface area contributed by atoms with E-state index in [1.807, 2.05) is 11.4 Å². The number of thioether (sulfide) groups is 1. The van der Waals surface area contributed by atoms with Crippen LogP contribution in [0.5, 0.6) is 0 Å². The van der Waals surface area contributed by atoms with Crippen LogP contribution < -0.4 is 5.32 Å². The van der Waals surface area contributed by atoms with E-state index in [-0.39, 0.29) is 24.5 Å². The summed E-state index contributed by atoms with van der Waals surface area (Å²) in [6.45, 7) is 1.48. The average Bonchev–Trinajstić information content (AvgIpc) is 3.27. The van der Waals surface area contributed by atoms with E-state index in [2.05, 4.69) is 10.1 Å². The van der Waals surface area contributed by atoms with Gasteiger partial charge in [0.25, 0.3) is 11.6 Å². The van der Waals surface area contributed by atoms with Gasteiger partial charge in [0.2, 0.25) is 12.7 Å². The molecule has 1 N–H and O–H groups in total. The number of esters is 3. The molecule has 2 amide bonds. The average molecular weight is 499 g/mol. The minimum absolute atomic E-state index is 0.0677. The number of hydrogen-bond donors (Lipinski definition) is 1. The van der Waals surface area contributed by atoms with E-state index < -0.39 is 47.6 Å². The van der Waals surface area contributed by atoms with Crippen molar-refractivity contribution in [3.05, 3.63) is 33.7 Å². The topological polar surface area (TPSA) is 138 Å². The summed E-state index contributed by atoms with van der Waals surface area (Å²) in [5.74, 6) is -3.05. The predicted molar refractivity (Wildman–Crippen MR) is 115 cm³/mol. The molecule has 11 nitrogen and oxygen atoms in total. The largest absolute Gasteiger partial charge is 0.461 e. The molecule has 0 radical (unpaired) electrons. The van der Waals surface area contributed by atoms with Gasteiger partial charge in [-0.15, -0.1) is 23.1 Å². The first kappa shape index (κ1) is 24.7. The number of nitrogens with one attached hydrogen (secondary N) is 1. The molecule has 2 atom stereocenters. The lowest BCUT2D eigenvalue weighted by Gasteiger charge is -2.55. The number of carbonyl (C=O) groups is 5. The van der Waals surface area contributed by atoms with Crippen LogP contribution in [0.1, 0.15) is 18.7 Å². The molecule has 178 valence electrons. The summed E-state index contributed by atoms with van der Waals surface area (Å²) in [6, 6.07) is 3.62. The molecule has 1 unspecified atom stereocenters. The van der Waals surface area contributed by atoms with Gasteiger partial charge in [0.1, 0.15) is 17.7 Å². The second-order valence-corrected chi connectivity index (χ2v) is 9.10. The maximum absolute atomic E-state index is 13.2. The number of nitrogens with zero attached hydrogens (tertiary/aromatic N) is 1. The van der Waals surface area contributed by atoms with Gasteiger partial charge in [0, 0.05) is 37.2 Å². The van der Waals surface area contributed by atoms with Crippen LogP contribution >= 0.6 is 23.1 Å². The SMILES string of the molecule is COC1(NC(=O)Cc2cccs2)C(=O)N2C(C(=O)OCOC(C)=O)=C(COC(C)=O)CS[C@@H]21. The van der Waals surface area contributed by atoms with Crippen molar-refractivity contribution in [2.24, 2.45) is 0 Å². The summed E-state index contributed by atoms with van der Waals surface area (Å²) < 4.78 is 20.1. The lowest BCUT2D eigenvalue weighted by atomic mass is 9.98. The number of thiophene rings is 1. The van der Waals surface area contributed by atoms with Crippen molar-refractivity contribution in [2.75, 3.05) is 26.3 Å². The van der Waals surface area contributed by atoms with Crippen molar-refractivity contribution in [3.63, 3.8) is 0 Å². The Morgan fingerprint density at radius 1 is 1.18 bits per heavy atom. The predicted octanol–water partition coefficient (Wildman–Crippen LogP) is 0.546. The molecule has 3 heterocycles. The lowest BCUT2D eigenvalue weighted by molar-refractivity contribution is -0.194. The summed E-state index contributed by atoms with van der Waals surface area (Å²) in [5, 5.41) is 3.73. The van der Waals surface area contributed by atoms with Crippen LogP contribution in [0.4, 0.5) is 0 Å². The number of β-lactam (4-membered cyclic amide) rings is 1. The molecule has 0 bridgehead atoms. The molecular weight excluding hydrogens is 476 g/mol. The minimum atomic E-state index is -1.67. The third-order valence-corrected chi connectivity index (χ3v) is 7.02. The van der Waals surface area contributed by atoms with E-state index >= 15 is 0 Å². The molecule has 3 rings (SSSR count). The van der Waals surface area contributed by atoms with Crippen LogP contribution in [0.3, 0.4) is 0 Å². The molecule has 1 saturated heterocycles. The van der Waals surface area contributed by atoms with Gasteiger partial charge in [-0.1, -0.05) is 6.07 Å². The van der Waals surface area contributed by atoms with E-state index in [0.29, 0.717) is 5.57 Å². The van der Waals surface area contributed by atoms with Crippen LogP contribution in [0.2, 0.25) is 0 Å². The standard InChI is InChI=1S/C20H22N2O9S2/c1-11(23)29-8-13-9-33-19-20(28-3,21-15(25)7-14-5-4-6-32-14)18(27)22(19)16(13)17(26)31-10-30-12(2)24/h4-6,19H,7-10H2,1-3H3,(H,21,25)/t19-,20?/m1/s1. The molecule has 1 aromatic heterocycles. The number of methoxy groups -OCH3 is 1. The van der Waals surface area contributed by atoms with E-state index in [1.54, 1.807) is 6.07 Å². The third-order valence-electron chi connectivity index (χ3n) is 4.77. The normalized spacial score (nSPS) is 21.6. The Morgan fingerprint density at radius 2 is 1.91 bits per heavy atom. The fraction of sp³-hybridized carbons (Fsp3) is 0.450. The molecule has 0 aromatic carbocycles. The summed E-state index contributed by atoms with van der Waals surface area (Å²) in [7, 11) is 1.29. The van der Waals surface area contributed by atoms with Crippen molar-refractivity contribution < 1.29 is 42.9 Å². The zero-order chi connectivity index (χ0) is 24.2. The summed E-state index contributed by atoms with van der Waals surface area (Å²) in [6.07, 6.45) is 0.0677. The maximum Gasteiger partial charge on any atom is 0.358 e. The monoisotopic (exact) mass is 498 g/mol. The van der Waals surface area contributed by atoms with Crippen molar-refractivity contribution in [1.82, 2.24) is 10.2 Å². The number of ether oxygens (including phenoxy) is 4. The first-order valence-electron chi connectivity index (χ1n) is 9.69. The number of rotatable bonds is 9. The van der Waals surface area contributed by atoms with E-state index in [9.17, 15) is 24.0 Å². The van der Waals surface area contributed by atoms with Gasteiger partial charge >= 0.3 is 17.9 Å². The van der Waals surface area contributed by atoms with E-state index in [1.165, 1.54) is 37.1 Å². The summed E-state index contributed by atoms with van der Waals surface area (Å²) in [4.78, 5) is 62.7. The zero-order valence-corrected chi connectivity index (χ0v) is 19.7. The maximum atomic E-state index is 13.2. The second kappa shape index (κ2) is 10.4. The van der Waals surface area contributed by atoms with Crippen molar-refractivity contribution >= 4 is 52.8 Å². The highest BCUT2D eigenvalue weighted by Gasteiger charge is 2.66. The van der Waals surface area contributed by atoms with Gasteiger partial charge in [-0.25, -0.2) is 4.79 Å². The van der Waals surface area contributed by atoms with Crippen LogP contribution in [0.15, 0.2) is 28.8 Å². The van der Waals surface area contributed by atoms with Crippen molar-refractivity contribution in [2.45, 2.75) is 31.4 Å². The Bertz CT molecular complexity index is 992. The minimum Gasteiger partial charge on any atom is -0.461 e. The zero-order valence-electron chi connectivity index (χ0n) is 18.1. The van der Waals surface area contributed by atoms with Crippen LogP contribution in [-0.2, 0) is 49.3 Å². The first-order valence-corrected chi connectivity index (χ1v) is 11.6. The van der Waals surface area contributed by atoms with E-state index in [4.69, 9.17) is 14.2 Å². The molecule has 1 fully saturated rings. The third kappa shape index (κ3) is 5.20. The number of amides is 2. The Kier molecular flexibility index (Phi) is 7.76. The summed E-state index contributed by atoms with van der Waals surface area (Å²) in [5.41, 5.74) is -1.48. The molecule has 1 aromatic rings. The second-order valence-electron chi connectivity index (χ2n) is 7.00. The Hall–Kier alpha value is -2.90. The Morgan fingerprint density at radius 3 is 2.52 bits per heavy atom. The molecule has 33 heavy (non-hydrogen) atoms. The van der Waals surface area contributed by atoms with Gasteiger partial charge in [-0.05, 0) is 11.4 Å². The van der Waals surface area contributed by atoms with Gasteiger partial charge in [0.15, 0.2) is 0 Å². The highest BCUT2D eigenvalue weighted by atomic mass is 32.2. The molecule has 0 saturated carbocycles. The quantitative estimate of drug-likeness (QED) is 0.292. The van der Waals surface area contributed by atoms with E-state index in [0.717, 1.165) is 16.7 Å². The van der Waals surface area contributed by atoms with Crippen molar-refractivity contribution in [1.29, 1.82) is 0 Å². The number of fused-ring (bicyclic) bond motifs is 1. The van der Waals surface area contributed by atoms with Gasteiger partial charge in [-0.3, -0.25) is 24.1 Å². The van der Waals surface area contributed by atoms with Crippen LogP contribution in [0.25, 0.3) is 0 Å². The Balaban J connectivity index is 1.82. The van der Waals surface area contributed by atoms with Crippen molar-refractivity contribution in [3.8, 4) is 0 Å².